The van der Waals surface area contributed by atoms with Gasteiger partial charge in [-0.1, -0.05) is 79.9 Å². The highest BCUT2D eigenvalue weighted by Crippen LogP contribution is 2.39. The topological polar surface area (TPSA) is 20.3 Å². The Labute approximate surface area is 147 Å². The van der Waals surface area contributed by atoms with Crippen molar-refractivity contribution in [1.29, 1.82) is 0 Å². The Morgan fingerprint density at radius 2 is 1.36 bits per heavy atom. The molecular weight excluding hydrogens is 306 g/mol. The van der Waals surface area contributed by atoms with Crippen molar-refractivity contribution < 1.29 is 4.79 Å². The van der Waals surface area contributed by atoms with Gasteiger partial charge in [0.2, 0.25) is 0 Å². The molecular formula is C23H17NO. The number of benzene rings is 3. The number of carbonyl (C=O) groups excluding carboxylic acids is 1. The maximum Gasteiger partial charge on any atom is 0.263 e. The second kappa shape index (κ2) is 5.91. The number of para-hydroxylation sites is 1. The standard InChI is InChI=1S/C23H17NO/c1-16(18-10-4-3-5-11-18)19-12-8-9-15-22(19)24-17(2)20-13-6-7-14-21(20)23(24)25/h3-15H,1-2H2. The van der Waals surface area contributed by atoms with Crippen molar-refractivity contribution in [2.75, 3.05) is 4.90 Å². The average molecular weight is 323 g/mol. The van der Waals surface area contributed by atoms with Crippen LogP contribution in [0.1, 0.15) is 27.0 Å². The molecule has 120 valence electrons. The van der Waals surface area contributed by atoms with E-state index in [0.29, 0.717) is 11.3 Å². The highest BCUT2D eigenvalue weighted by Gasteiger charge is 2.33. The van der Waals surface area contributed by atoms with Gasteiger partial charge >= 0.3 is 0 Å². The number of rotatable bonds is 3. The first kappa shape index (κ1) is 15.2. The van der Waals surface area contributed by atoms with Gasteiger partial charge in [0.05, 0.1) is 11.4 Å². The van der Waals surface area contributed by atoms with Crippen molar-refractivity contribution in [3.05, 3.63) is 114 Å². The summed E-state index contributed by atoms with van der Waals surface area (Å²) in [7, 11) is 0. The van der Waals surface area contributed by atoms with Crippen LogP contribution in [0.25, 0.3) is 11.3 Å². The summed E-state index contributed by atoms with van der Waals surface area (Å²) in [6.45, 7) is 8.41. The second-order valence-corrected chi connectivity index (χ2v) is 5.99. The lowest BCUT2D eigenvalue weighted by molar-refractivity contribution is 0.101. The molecule has 2 heteroatoms. The average Bonchev–Trinajstić information content (AvgIpc) is 2.93. The predicted molar refractivity (Wildman–Crippen MR) is 103 cm³/mol. The SMILES string of the molecule is C=C(c1ccccc1)c1ccccc1N1C(=C)c2ccccc2C1=O. The Kier molecular flexibility index (Phi) is 3.58. The normalized spacial score (nSPS) is 13.0. The highest BCUT2D eigenvalue weighted by atomic mass is 16.2. The van der Waals surface area contributed by atoms with E-state index in [2.05, 4.69) is 13.2 Å². The molecule has 1 aliphatic rings. The van der Waals surface area contributed by atoms with Crippen LogP contribution in [0.15, 0.2) is 92.0 Å². The van der Waals surface area contributed by atoms with E-state index in [1.807, 2.05) is 78.9 Å². The molecule has 1 amide bonds. The molecule has 0 unspecified atom stereocenters. The summed E-state index contributed by atoms with van der Waals surface area (Å²) < 4.78 is 0. The molecule has 0 radical (unpaired) electrons. The summed E-state index contributed by atoms with van der Waals surface area (Å²) in [5.74, 6) is -0.0473. The largest absolute Gasteiger partial charge is 0.276 e. The third kappa shape index (κ3) is 2.39. The number of fused-ring (bicyclic) bond motifs is 1. The molecule has 1 aliphatic heterocycles. The second-order valence-electron chi connectivity index (χ2n) is 5.99. The molecule has 3 aromatic carbocycles. The van der Waals surface area contributed by atoms with Gasteiger partial charge < -0.3 is 0 Å². The zero-order valence-electron chi connectivity index (χ0n) is 13.8. The number of carbonyl (C=O) groups is 1. The summed E-state index contributed by atoms with van der Waals surface area (Å²) in [5, 5.41) is 0. The predicted octanol–water partition coefficient (Wildman–Crippen LogP) is 5.38. The number of nitrogens with zero attached hydrogens (tertiary/aromatic N) is 1. The van der Waals surface area contributed by atoms with Crippen LogP contribution in [-0.4, -0.2) is 5.91 Å². The number of hydrogen-bond donors (Lipinski definition) is 0. The van der Waals surface area contributed by atoms with E-state index in [1.165, 1.54) is 0 Å². The minimum Gasteiger partial charge on any atom is -0.276 e. The first-order chi connectivity index (χ1) is 12.2. The molecule has 0 fully saturated rings. The summed E-state index contributed by atoms with van der Waals surface area (Å²) in [6, 6.07) is 25.4. The fraction of sp³-hybridized carbons (Fsp3) is 0. The zero-order valence-corrected chi connectivity index (χ0v) is 13.8. The number of amides is 1. The lowest BCUT2D eigenvalue weighted by atomic mass is 9.97. The van der Waals surface area contributed by atoms with Gasteiger partial charge in [0.1, 0.15) is 0 Å². The van der Waals surface area contributed by atoms with Crippen LogP contribution in [-0.2, 0) is 0 Å². The monoisotopic (exact) mass is 323 g/mol. The molecule has 0 N–H and O–H groups in total. The van der Waals surface area contributed by atoms with Crippen LogP contribution in [0.4, 0.5) is 5.69 Å². The van der Waals surface area contributed by atoms with Crippen LogP contribution in [0, 0.1) is 0 Å². The van der Waals surface area contributed by atoms with Crippen LogP contribution in [0.2, 0.25) is 0 Å². The van der Waals surface area contributed by atoms with Gasteiger partial charge in [-0.3, -0.25) is 9.69 Å². The van der Waals surface area contributed by atoms with Crippen molar-refractivity contribution >= 4 is 22.9 Å². The Morgan fingerprint density at radius 1 is 0.760 bits per heavy atom. The summed E-state index contributed by atoms with van der Waals surface area (Å²) >= 11 is 0. The third-order valence-electron chi connectivity index (χ3n) is 4.53. The Hall–Kier alpha value is -3.39. The van der Waals surface area contributed by atoms with Crippen molar-refractivity contribution in [2.45, 2.75) is 0 Å². The molecule has 0 spiro atoms. The molecule has 1 heterocycles. The molecule has 25 heavy (non-hydrogen) atoms. The minimum absolute atomic E-state index is 0.0473. The van der Waals surface area contributed by atoms with Gasteiger partial charge in [0.15, 0.2) is 0 Å². The molecule has 2 nitrogen and oxygen atoms in total. The number of anilines is 1. The number of hydrogen-bond acceptors (Lipinski definition) is 1. The first-order valence-corrected chi connectivity index (χ1v) is 8.15. The Bertz CT molecular complexity index is 966. The van der Waals surface area contributed by atoms with Gasteiger partial charge in [-0.05, 0) is 23.3 Å². The van der Waals surface area contributed by atoms with E-state index in [-0.39, 0.29) is 5.91 Å². The lowest BCUT2D eigenvalue weighted by Gasteiger charge is -2.22. The van der Waals surface area contributed by atoms with Crippen LogP contribution < -0.4 is 4.90 Å². The van der Waals surface area contributed by atoms with E-state index in [9.17, 15) is 4.79 Å². The van der Waals surface area contributed by atoms with E-state index in [1.54, 1.807) is 4.90 Å². The summed E-state index contributed by atoms with van der Waals surface area (Å²) in [6.07, 6.45) is 0. The maximum absolute atomic E-state index is 13.0. The van der Waals surface area contributed by atoms with Gasteiger partial charge in [-0.15, -0.1) is 0 Å². The van der Waals surface area contributed by atoms with Gasteiger partial charge in [-0.25, -0.2) is 0 Å². The van der Waals surface area contributed by atoms with E-state index < -0.39 is 0 Å². The quantitative estimate of drug-likeness (QED) is 0.634. The molecule has 4 rings (SSSR count). The molecule has 0 aromatic heterocycles. The van der Waals surface area contributed by atoms with E-state index in [4.69, 9.17) is 0 Å². The summed E-state index contributed by atoms with van der Waals surface area (Å²) in [4.78, 5) is 14.6. The highest BCUT2D eigenvalue weighted by molar-refractivity contribution is 6.22. The smallest absolute Gasteiger partial charge is 0.263 e. The lowest BCUT2D eigenvalue weighted by Crippen LogP contribution is -2.23. The molecule has 0 saturated heterocycles. The van der Waals surface area contributed by atoms with Crippen molar-refractivity contribution in [3.63, 3.8) is 0 Å². The van der Waals surface area contributed by atoms with Gasteiger partial charge in [0.25, 0.3) is 5.91 Å². The van der Waals surface area contributed by atoms with Crippen molar-refractivity contribution in [2.24, 2.45) is 0 Å². The van der Waals surface area contributed by atoms with Gasteiger partial charge in [0, 0.05) is 16.7 Å². The fourth-order valence-electron chi connectivity index (χ4n) is 3.26. The molecule has 0 saturated carbocycles. The van der Waals surface area contributed by atoms with Crippen LogP contribution >= 0.6 is 0 Å². The van der Waals surface area contributed by atoms with Crippen molar-refractivity contribution in [3.8, 4) is 0 Å². The minimum atomic E-state index is -0.0473. The Morgan fingerprint density at radius 3 is 2.08 bits per heavy atom. The molecule has 0 atom stereocenters. The van der Waals surface area contributed by atoms with Crippen LogP contribution in [0.5, 0.6) is 0 Å². The molecule has 3 aromatic rings. The van der Waals surface area contributed by atoms with E-state index >= 15 is 0 Å². The zero-order chi connectivity index (χ0) is 17.4. The van der Waals surface area contributed by atoms with E-state index in [0.717, 1.165) is 28.0 Å². The molecule has 0 aliphatic carbocycles. The molecule has 0 bridgehead atoms. The summed E-state index contributed by atoms with van der Waals surface area (Å²) in [5.41, 5.74) is 5.92. The third-order valence-corrected chi connectivity index (χ3v) is 4.53. The maximum atomic E-state index is 13.0. The first-order valence-electron chi connectivity index (χ1n) is 8.15. The van der Waals surface area contributed by atoms with Crippen molar-refractivity contribution in [1.82, 2.24) is 0 Å². The fourth-order valence-corrected chi connectivity index (χ4v) is 3.26. The van der Waals surface area contributed by atoms with Gasteiger partial charge in [-0.2, -0.15) is 0 Å². The van der Waals surface area contributed by atoms with Crippen LogP contribution in [0.3, 0.4) is 0 Å². The Balaban J connectivity index is 1.82.